The SMILES string of the molecule is NCCc1nc(N)nc2ccc(O)cc12. The number of hydrogen-bond acceptors (Lipinski definition) is 5. The first-order valence-corrected chi connectivity index (χ1v) is 4.66. The summed E-state index contributed by atoms with van der Waals surface area (Å²) in [5.74, 6) is 0.422. The Labute approximate surface area is 86.8 Å². The van der Waals surface area contributed by atoms with E-state index in [1.807, 2.05) is 0 Å². The molecule has 0 saturated carbocycles. The summed E-state index contributed by atoms with van der Waals surface area (Å²) in [6, 6.07) is 4.91. The van der Waals surface area contributed by atoms with Crippen LogP contribution in [0.4, 0.5) is 5.95 Å². The molecule has 0 atom stereocenters. The Kier molecular flexibility index (Phi) is 2.39. The number of phenolic OH excluding ortho intramolecular Hbond substituents is 1. The van der Waals surface area contributed by atoms with E-state index < -0.39 is 0 Å². The van der Waals surface area contributed by atoms with Gasteiger partial charge >= 0.3 is 0 Å². The van der Waals surface area contributed by atoms with Crippen molar-refractivity contribution in [2.24, 2.45) is 5.73 Å². The van der Waals surface area contributed by atoms with Crippen molar-refractivity contribution in [1.29, 1.82) is 0 Å². The summed E-state index contributed by atoms with van der Waals surface area (Å²) in [5.41, 5.74) is 12.5. The molecule has 1 aromatic heterocycles. The van der Waals surface area contributed by atoms with Crippen molar-refractivity contribution in [3.05, 3.63) is 23.9 Å². The van der Waals surface area contributed by atoms with Gasteiger partial charge in [-0.3, -0.25) is 0 Å². The molecule has 5 nitrogen and oxygen atoms in total. The van der Waals surface area contributed by atoms with Crippen LogP contribution in [-0.4, -0.2) is 21.6 Å². The fourth-order valence-corrected chi connectivity index (χ4v) is 1.53. The Morgan fingerprint density at radius 2 is 2.07 bits per heavy atom. The van der Waals surface area contributed by atoms with E-state index in [0.29, 0.717) is 13.0 Å². The van der Waals surface area contributed by atoms with Crippen molar-refractivity contribution in [2.75, 3.05) is 12.3 Å². The second-order valence-corrected chi connectivity index (χ2v) is 3.27. The minimum Gasteiger partial charge on any atom is -0.508 e. The molecule has 5 N–H and O–H groups in total. The van der Waals surface area contributed by atoms with Crippen LogP contribution in [-0.2, 0) is 6.42 Å². The smallest absolute Gasteiger partial charge is 0.220 e. The summed E-state index contributed by atoms with van der Waals surface area (Å²) in [5, 5.41) is 10.2. The van der Waals surface area contributed by atoms with Gasteiger partial charge in [-0.05, 0) is 24.7 Å². The lowest BCUT2D eigenvalue weighted by Gasteiger charge is -2.05. The Bertz CT molecular complexity index is 498. The highest BCUT2D eigenvalue weighted by atomic mass is 16.3. The zero-order valence-electron chi connectivity index (χ0n) is 8.14. The number of nitrogen functional groups attached to an aromatic ring is 1. The Balaban J connectivity index is 2.70. The van der Waals surface area contributed by atoms with Gasteiger partial charge in [-0.2, -0.15) is 0 Å². The van der Waals surface area contributed by atoms with Crippen molar-refractivity contribution >= 4 is 16.9 Å². The lowest BCUT2D eigenvalue weighted by atomic mass is 10.1. The molecular weight excluding hydrogens is 192 g/mol. The van der Waals surface area contributed by atoms with Gasteiger partial charge in [0.25, 0.3) is 0 Å². The summed E-state index contributed by atoms with van der Waals surface area (Å²) in [6.45, 7) is 0.487. The Hall–Kier alpha value is -1.88. The highest BCUT2D eigenvalue weighted by Gasteiger charge is 2.06. The molecule has 0 amide bonds. The molecule has 2 rings (SSSR count). The van der Waals surface area contributed by atoms with Gasteiger partial charge in [0, 0.05) is 11.8 Å². The number of nitrogens with zero attached hydrogens (tertiary/aromatic N) is 2. The third-order valence-corrected chi connectivity index (χ3v) is 2.16. The Morgan fingerprint density at radius 3 is 2.80 bits per heavy atom. The van der Waals surface area contributed by atoms with E-state index in [0.717, 1.165) is 16.6 Å². The van der Waals surface area contributed by atoms with Gasteiger partial charge < -0.3 is 16.6 Å². The summed E-state index contributed by atoms with van der Waals surface area (Å²) >= 11 is 0. The van der Waals surface area contributed by atoms with Crippen LogP contribution in [0, 0.1) is 0 Å². The molecule has 78 valence electrons. The first-order valence-electron chi connectivity index (χ1n) is 4.66. The number of fused-ring (bicyclic) bond motifs is 1. The molecule has 0 aliphatic carbocycles. The lowest BCUT2D eigenvalue weighted by Crippen LogP contribution is -2.07. The maximum atomic E-state index is 9.37. The first-order chi connectivity index (χ1) is 7.20. The second kappa shape index (κ2) is 3.70. The normalized spacial score (nSPS) is 10.7. The molecule has 0 saturated heterocycles. The maximum absolute atomic E-state index is 9.37. The highest BCUT2D eigenvalue weighted by molar-refractivity contribution is 5.83. The predicted molar refractivity (Wildman–Crippen MR) is 58.4 cm³/mol. The largest absolute Gasteiger partial charge is 0.508 e. The summed E-state index contributed by atoms with van der Waals surface area (Å²) in [7, 11) is 0. The standard InChI is InChI=1S/C10H12N4O/c11-4-3-9-7-5-6(15)1-2-8(7)13-10(12)14-9/h1-2,5,15H,3-4,11H2,(H2,12,13,14). The molecular formula is C10H12N4O. The summed E-state index contributed by atoms with van der Waals surface area (Å²) in [4.78, 5) is 8.18. The van der Waals surface area contributed by atoms with Gasteiger partial charge in [0.2, 0.25) is 5.95 Å². The van der Waals surface area contributed by atoms with E-state index in [2.05, 4.69) is 9.97 Å². The Morgan fingerprint density at radius 1 is 1.27 bits per heavy atom. The molecule has 5 heteroatoms. The number of rotatable bonds is 2. The number of aromatic nitrogens is 2. The lowest BCUT2D eigenvalue weighted by molar-refractivity contribution is 0.476. The van der Waals surface area contributed by atoms with Crippen molar-refractivity contribution < 1.29 is 5.11 Å². The highest BCUT2D eigenvalue weighted by Crippen LogP contribution is 2.21. The fraction of sp³-hybridized carbons (Fsp3) is 0.200. The number of hydrogen-bond donors (Lipinski definition) is 3. The molecule has 0 spiro atoms. The van der Waals surface area contributed by atoms with Crippen molar-refractivity contribution in [3.8, 4) is 5.75 Å². The van der Waals surface area contributed by atoms with Gasteiger partial charge in [-0.15, -0.1) is 0 Å². The third-order valence-electron chi connectivity index (χ3n) is 2.16. The fourth-order valence-electron chi connectivity index (χ4n) is 1.53. The van der Waals surface area contributed by atoms with E-state index in [4.69, 9.17) is 11.5 Å². The molecule has 1 aromatic carbocycles. The van der Waals surface area contributed by atoms with Gasteiger partial charge in [-0.25, -0.2) is 9.97 Å². The van der Waals surface area contributed by atoms with E-state index in [1.54, 1.807) is 18.2 Å². The molecule has 0 unspecified atom stereocenters. The molecule has 0 aliphatic rings. The van der Waals surface area contributed by atoms with Crippen LogP contribution in [0.1, 0.15) is 5.69 Å². The molecule has 1 heterocycles. The zero-order chi connectivity index (χ0) is 10.8. The minimum atomic E-state index is 0.189. The first kappa shape index (κ1) is 9.67. The zero-order valence-corrected chi connectivity index (χ0v) is 8.14. The minimum absolute atomic E-state index is 0.189. The van der Waals surface area contributed by atoms with Crippen molar-refractivity contribution in [2.45, 2.75) is 6.42 Å². The third kappa shape index (κ3) is 1.82. The van der Waals surface area contributed by atoms with Crippen molar-refractivity contribution in [1.82, 2.24) is 9.97 Å². The van der Waals surface area contributed by atoms with E-state index >= 15 is 0 Å². The number of nitrogens with two attached hydrogens (primary N) is 2. The predicted octanol–water partition coefficient (Wildman–Crippen LogP) is 0.419. The van der Waals surface area contributed by atoms with Gasteiger partial charge in [0.05, 0.1) is 11.2 Å². The van der Waals surface area contributed by atoms with Gasteiger partial charge in [-0.1, -0.05) is 0 Å². The van der Waals surface area contributed by atoms with E-state index in [1.165, 1.54) is 0 Å². The molecule has 0 aliphatic heterocycles. The van der Waals surface area contributed by atoms with Crippen LogP contribution in [0.5, 0.6) is 5.75 Å². The molecule has 2 aromatic rings. The average molecular weight is 204 g/mol. The van der Waals surface area contributed by atoms with E-state index in [9.17, 15) is 5.11 Å². The van der Waals surface area contributed by atoms with Gasteiger partial charge in [0.1, 0.15) is 5.75 Å². The van der Waals surface area contributed by atoms with Crippen LogP contribution in [0.15, 0.2) is 18.2 Å². The number of aromatic hydroxyl groups is 1. The summed E-state index contributed by atoms with van der Waals surface area (Å²) in [6.07, 6.45) is 0.618. The summed E-state index contributed by atoms with van der Waals surface area (Å²) < 4.78 is 0. The van der Waals surface area contributed by atoms with E-state index in [-0.39, 0.29) is 11.7 Å². The molecule has 0 radical (unpaired) electrons. The molecule has 0 bridgehead atoms. The second-order valence-electron chi connectivity index (χ2n) is 3.27. The van der Waals surface area contributed by atoms with Crippen LogP contribution in [0.25, 0.3) is 10.9 Å². The number of anilines is 1. The average Bonchev–Trinajstić information content (AvgIpc) is 2.19. The van der Waals surface area contributed by atoms with Crippen LogP contribution in [0.3, 0.4) is 0 Å². The van der Waals surface area contributed by atoms with Crippen LogP contribution in [0.2, 0.25) is 0 Å². The number of benzene rings is 1. The topological polar surface area (TPSA) is 98.0 Å². The van der Waals surface area contributed by atoms with Gasteiger partial charge in [0.15, 0.2) is 0 Å². The maximum Gasteiger partial charge on any atom is 0.220 e. The monoisotopic (exact) mass is 204 g/mol. The van der Waals surface area contributed by atoms with Crippen LogP contribution < -0.4 is 11.5 Å². The molecule has 15 heavy (non-hydrogen) atoms. The molecule has 0 fully saturated rings. The van der Waals surface area contributed by atoms with Crippen LogP contribution >= 0.6 is 0 Å². The quantitative estimate of drug-likeness (QED) is 0.658. The number of phenols is 1. The van der Waals surface area contributed by atoms with Crippen molar-refractivity contribution in [3.63, 3.8) is 0 Å².